The van der Waals surface area contributed by atoms with Crippen LogP contribution in [-0.2, 0) is 0 Å². The Morgan fingerprint density at radius 2 is 2.25 bits per heavy atom. The number of nitrogens with zero attached hydrogens (tertiary/aromatic N) is 5. The maximum absolute atomic E-state index is 13.0. The summed E-state index contributed by atoms with van der Waals surface area (Å²) in [6.45, 7) is 2.59. The highest BCUT2D eigenvalue weighted by molar-refractivity contribution is 5.95. The molecule has 1 amide bonds. The van der Waals surface area contributed by atoms with E-state index in [4.69, 9.17) is 0 Å². The van der Waals surface area contributed by atoms with Crippen molar-refractivity contribution in [1.82, 2.24) is 29.9 Å². The number of amides is 1. The third kappa shape index (κ3) is 2.58. The van der Waals surface area contributed by atoms with Crippen molar-refractivity contribution in [1.29, 1.82) is 0 Å². The van der Waals surface area contributed by atoms with E-state index in [9.17, 15) is 4.79 Å². The highest BCUT2D eigenvalue weighted by Crippen LogP contribution is 2.31. The summed E-state index contributed by atoms with van der Waals surface area (Å²) in [5, 5.41) is 11.3. The number of aromatic amines is 1. The molecule has 1 aliphatic heterocycles. The minimum atomic E-state index is -0.0594. The Kier molecular flexibility index (Phi) is 3.60. The van der Waals surface area contributed by atoms with E-state index in [1.54, 1.807) is 10.9 Å². The van der Waals surface area contributed by atoms with Crippen molar-refractivity contribution >= 4 is 5.91 Å². The van der Waals surface area contributed by atoms with Gasteiger partial charge in [0.15, 0.2) is 5.82 Å². The minimum Gasteiger partial charge on any atom is -0.328 e. The molecule has 0 unspecified atom stereocenters. The molecule has 0 radical (unpaired) electrons. The quantitative estimate of drug-likeness (QED) is 0.802. The van der Waals surface area contributed by atoms with Crippen molar-refractivity contribution in [3.63, 3.8) is 0 Å². The molecule has 1 aromatic carbocycles. The Morgan fingerprint density at radius 3 is 3.00 bits per heavy atom. The normalized spacial score (nSPS) is 17.4. The van der Waals surface area contributed by atoms with Gasteiger partial charge in [0.25, 0.3) is 5.91 Å². The molecule has 1 atom stereocenters. The van der Waals surface area contributed by atoms with E-state index >= 15 is 0 Å². The number of aryl methyl sites for hydroxylation is 1. The molecule has 7 nitrogen and oxygen atoms in total. The number of H-pyrrole nitrogens is 1. The molecular formula is C17H18N6O. The number of rotatable bonds is 3. The molecule has 2 aromatic heterocycles. The van der Waals surface area contributed by atoms with Crippen LogP contribution < -0.4 is 0 Å². The van der Waals surface area contributed by atoms with E-state index < -0.39 is 0 Å². The second kappa shape index (κ2) is 5.92. The van der Waals surface area contributed by atoms with Gasteiger partial charge in [0, 0.05) is 24.5 Å². The van der Waals surface area contributed by atoms with Crippen LogP contribution in [0.5, 0.6) is 0 Å². The van der Waals surface area contributed by atoms with Gasteiger partial charge in [-0.2, -0.15) is 10.2 Å². The molecule has 0 aliphatic carbocycles. The SMILES string of the molecule is Cc1nc([C@@H]2CCCN2C(=O)c2cccc(-n3cccn3)c2)n[nH]1. The number of hydrogen-bond acceptors (Lipinski definition) is 4. The summed E-state index contributed by atoms with van der Waals surface area (Å²) in [6, 6.07) is 9.32. The first kappa shape index (κ1) is 14.6. The van der Waals surface area contributed by atoms with Crippen molar-refractivity contribution in [3.8, 4) is 5.69 Å². The number of carbonyl (C=O) groups excluding carboxylic acids is 1. The number of aromatic nitrogens is 5. The highest BCUT2D eigenvalue weighted by atomic mass is 16.2. The largest absolute Gasteiger partial charge is 0.328 e. The van der Waals surface area contributed by atoms with E-state index in [1.165, 1.54) is 0 Å². The molecule has 122 valence electrons. The topological polar surface area (TPSA) is 79.7 Å². The molecule has 24 heavy (non-hydrogen) atoms. The summed E-state index contributed by atoms with van der Waals surface area (Å²) in [5.41, 5.74) is 1.53. The lowest BCUT2D eigenvalue weighted by atomic mass is 10.1. The molecule has 1 saturated heterocycles. The molecule has 0 spiro atoms. The number of likely N-dealkylation sites (tertiary alicyclic amines) is 1. The first-order valence-corrected chi connectivity index (χ1v) is 8.02. The second-order valence-corrected chi connectivity index (χ2v) is 5.94. The first-order valence-electron chi connectivity index (χ1n) is 8.02. The zero-order valence-corrected chi connectivity index (χ0v) is 13.4. The summed E-state index contributed by atoms with van der Waals surface area (Å²) >= 11 is 0. The van der Waals surface area contributed by atoms with Crippen molar-refractivity contribution in [3.05, 3.63) is 59.9 Å². The van der Waals surface area contributed by atoms with Crippen LogP contribution in [0.25, 0.3) is 5.69 Å². The van der Waals surface area contributed by atoms with Crippen LogP contribution in [0.15, 0.2) is 42.7 Å². The predicted molar refractivity (Wildman–Crippen MR) is 87.7 cm³/mol. The Morgan fingerprint density at radius 1 is 1.33 bits per heavy atom. The molecular weight excluding hydrogens is 304 g/mol. The summed E-state index contributed by atoms with van der Waals surface area (Å²) in [6.07, 6.45) is 5.43. The zero-order valence-electron chi connectivity index (χ0n) is 13.4. The summed E-state index contributed by atoms with van der Waals surface area (Å²) in [5.74, 6) is 1.47. The lowest BCUT2D eigenvalue weighted by Gasteiger charge is -2.22. The lowest BCUT2D eigenvalue weighted by Crippen LogP contribution is -2.31. The molecule has 3 aromatic rings. The Bertz CT molecular complexity index is 854. The van der Waals surface area contributed by atoms with Crippen molar-refractivity contribution in [2.24, 2.45) is 0 Å². The van der Waals surface area contributed by atoms with Crippen molar-refractivity contribution < 1.29 is 4.79 Å². The van der Waals surface area contributed by atoms with E-state index in [2.05, 4.69) is 20.3 Å². The average Bonchev–Trinajstić information content (AvgIpc) is 3.35. The van der Waals surface area contributed by atoms with Crippen LogP contribution in [0.3, 0.4) is 0 Å². The predicted octanol–water partition coefficient (Wildman–Crippen LogP) is 2.28. The second-order valence-electron chi connectivity index (χ2n) is 5.94. The fraction of sp³-hybridized carbons (Fsp3) is 0.294. The smallest absolute Gasteiger partial charge is 0.254 e. The third-order valence-corrected chi connectivity index (χ3v) is 4.29. The van der Waals surface area contributed by atoms with Gasteiger partial charge < -0.3 is 4.90 Å². The first-order chi connectivity index (χ1) is 11.7. The van der Waals surface area contributed by atoms with Gasteiger partial charge in [-0.25, -0.2) is 9.67 Å². The van der Waals surface area contributed by atoms with Gasteiger partial charge in [0.1, 0.15) is 5.82 Å². The number of nitrogens with one attached hydrogen (secondary N) is 1. The van der Waals surface area contributed by atoms with E-state index in [-0.39, 0.29) is 11.9 Å². The molecule has 0 bridgehead atoms. The van der Waals surface area contributed by atoms with Gasteiger partial charge in [0.2, 0.25) is 0 Å². The van der Waals surface area contributed by atoms with Gasteiger partial charge in [-0.3, -0.25) is 9.89 Å². The zero-order chi connectivity index (χ0) is 16.5. The van der Waals surface area contributed by atoms with Crippen molar-refractivity contribution in [2.75, 3.05) is 6.54 Å². The van der Waals surface area contributed by atoms with Crippen LogP contribution in [0.1, 0.15) is 40.9 Å². The van der Waals surface area contributed by atoms with Gasteiger partial charge in [-0.15, -0.1) is 0 Å². The summed E-state index contributed by atoms with van der Waals surface area (Å²) in [4.78, 5) is 19.3. The molecule has 4 rings (SSSR count). The number of hydrogen-bond donors (Lipinski definition) is 1. The van der Waals surface area contributed by atoms with Crippen LogP contribution in [0.4, 0.5) is 0 Å². The van der Waals surface area contributed by atoms with Gasteiger partial charge in [0.05, 0.1) is 11.7 Å². The van der Waals surface area contributed by atoms with Crippen LogP contribution in [-0.4, -0.2) is 42.3 Å². The monoisotopic (exact) mass is 322 g/mol. The lowest BCUT2D eigenvalue weighted by molar-refractivity contribution is 0.0730. The molecule has 7 heteroatoms. The Labute approximate surface area is 139 Å². The van der Waals surface area contributed by atoms with E-state index in [1.807, 2.05) is 48.4 Å². The van der Waals surface area contributed by atoms with E-state index in [0.29, 0.717) is 11.4 Å². The summed E-state index contributed by atoms with van der Waals surface area (Å²) < 4.78 is 1.75. The average molecular weight is 322 g/mol. The molecule has 3 heterocycles. The summed E-state index contributed by atoms with van der Waals surface area (Å²) in [7, 11) is 0. The molecule has 1 fully saturated rings. The number of benzene rings is 1. The van der Waals surface area contributed by atoms with Crippen LogP contribution in [0, 0.1) is 6.92 Å². The van der Waals surface area contributed by atoms with Gasteiger partial charge in [-0.05, 0) is 44.0 Å². The maximum Gasteiger partial charge on any atom is 0.254 e. The third-order valence-electron chi connectivity index (χ3n) is 4.29. The van der Waals surface area contributed by atoms with Crippen LogP contribution >= 0.6 is 0 Å². The number of carbonyl (C=O) groups is 1. The molecule has 0 saturated carbocycles. The Hall–Kier alpha value is -2.96. The Balaban J connectivity index is 1.62. The highest BCUT2D eigenvalue weighted by Gasteiger charge is 2.33. The fourth-order valence-corrected chi connectivity index (χ4v) is 3.16. The minimum absolute atomic E-state index is 0.00830. The van der Waals surface area contributed by atoms with Crippen LogP contribution in [0.2, 0.25) is 0 Å². The van der Waals surface area contributed by atoms with E-state index in [0.717, 1.165) is 30.9 Å². The standard InChI is InChI=1S/C17H18N6O/c1-12-19-16(21-20-12)15-7-3-9-22(15)17(24)13-5-2-6-14(11-13)23-10-4-8-18-23/h2,4-6,8,10-11,15H,3,7,9H2,1H3,(H,19,20,21)/t15-/m0/s1. The maximum atomic E-state index is 13.0. The van der Waals surface area contributed by atoms with Gasteiger partial charge >= 0.3 is 0 Å². The molecule has 1 aliphatic rings. The van der Waals surface area contributed by atoms with Crippen molar-refractivity contribution in [2.45, 2.75) is 25.8 Å². The fourth-order valence-electron chi connectivity index (χ4n) is 3.16. The molecule has 1 N–H and O–H groups in total. The van der Waals surface area contributed by atoms with Gasteiger partial charge in [-0.1, -0.05) is 6.07 Å².